The van der Waals surface area contributed by atoms with Crippen molar-refractivity contribution in [3.8, 4) is 0 Å². The monoisotopic (exact) mass is 404 g/mol. The van der Waals surface area contributed by atoms with Crippen molar-refractivity contribution in [2.45, 2.75) is 23.6 Å². The van der Waals surface area contributed by atoms with E-state index in [1.54, 1.807) is 13.8 Å². The Morgan fingerprint density at radius 2 is 1.31 bits per heavy atom. The largest absolute Gasteiger partial charge is 0.274 e. The van der Waals surface area contributed by atoms with Gasteiger partial charge in [-0.1, -0.05) is 19.9 Å². The van der Waals surface area contributed by atoms with Gasteiger partial charge in [0.1, 0.15) is 17.3 Å². The molecule has 142 valence electrons. The number of rotatable bonds is 7. The van der Waals surface area contributed by atoms with E-state index in [1.165, 1.54) is 4.31 Å². The third kappa shape index (κ3) is 4.02. The summed E-state index contributed by atoms with van der Waals surface area (Å²) in [6, 6.07) is 7.35. The summed E-state index contributed by atoms with van der Waals surface area (Å²) in [6.45, 7) is 3.92. The van der Waals surface area contributed by atoms with Crippen LogP contribution in [0, 0.1) is 11.6 Å². The van der Waals surface area contributed by atoms with E-state index < -0.39 is 37.4 Å². The Morgan fingerprint density at radius 3 is 1.77 bits per heavy atom. The average molecular weight is 404 g/mol. The number of hydrogen-bond acceptors (Lipinski definition) is 4. The molecule has 0 atom stereocenters. The topological polar surface area (TPSA) is 83.6 Å². The molecule has 0 unspecified atom stereocenters. The van der Waals surface area contributed by atoms with Crippen LogP contribution in [0.2, 0.25) is 0 Å². The van der Waals surface area contributed by atoms with Crippen LogP contribution < -0.4 is 4.72 Å². The molecule has 2 aromatic carbocycles. The first kappa shape index (κ1) is 20.3. The molecule has 0 aliphatic rings. The van der Waals surface area contributed by atoms with Gasteiger partial charge in [-0.3, -0.25) is 4.72 Å². The zero-order valence-electron chi connectivity index (χ0n) is 14.1. The molecule has 0 heterocycles. The van der Waals surface area contributed by atoms with Crippen molar-refractivity contribution in [2.24, 2.45) is 0 Å². The van der Waals surface area contributed by atoms with Gasteiger partial charge in [-0.15, -0.1) is 0 Å². The maximum absolute atomic E-state index is 13.6. The molecule has 2 rings (SSSR count). The third-order valence-electron chi connectivity index (χ3n) is 3.68. The van der Waals surface area contributed by atoms with Gasteiger partial charge in [0.25, 0.3) is 10.0 Å². The molecule has 26 heavy (non-hydrogen) atoms. The second-order valence-electron chi connectivity index (χ2n) is 5.26. The molecule has 0 aliphatic carbocycles. The van der Waals surface area contributed by atoms with Gasteiger partial charge in [0, 0.05) is 13.1 Å². The summed E-state index contributed by atoms with van der Waals surface area (Å²) in [5, 5.41) is 0. The second-order valence-corrected chi connectivity index (χ2v) is 8.88. The Balaban J connectivity index is 2.35. The summed E-state index contributed by atoms with van der Waals surface area (Å²) in [5.41, 5.74) is -0.799. The number of nitrogens with zero attached hydrogens (tertiary/aromatic N) is 1. The first-order valence-corrected chi connectivity index (χ1v) is 10.6. The normalized spacial score (nSPS) is 12.3. The van der Waals surface area contributed by atoms with E-state index in [4.69, 9.17) is 0 Å². The van der Waals surface area contributed by atoms with Gasteiger partial charge in [-0.05, 0) is 36.4 Å². The smallest absolute Gasteiger partial charge is 0.262 e. The second kappa shape index (κ2) is 7.68. The minimum atomic E-state index is -4.29. The summed E-state index contributed by atoms with van der Waals surface area (Å²) in [5.74, 6) is -2.12. The molecule has 0 saturated carbocycles. The molecule has 0 fully saturated rings. The summed E-state index contributed by atoms with van der Waals surface area (Å²) in [6.07, 6.45) is 0. The van der Waals surface area contributed by atoms with Crippen LogP contribution in [0.1, 0.15) is 13.8 Å². The molecule has 0 radical (unpaired) electrons. The molecule has 0 bridgehead atoms. The number of nitrogens with one attached hydrogen (secondary N) is 1. The lowest BCUT2D eigenvalue weighted by Crippen LogP contribution is -2.30. The molecule has 0 aliphatic heterocycles. The highest BCUT2D eigenvalue weighted by molar-refractivity contribution is 7.92. The highest BCUT2D eigenvalue weighted by Crippen LogP contribution is 2.23. The fraction of sp³-hybridized carbons (Fsp3) is 0.250. The zero-order chi connectivity index (χ0) is 19.5. The predicted molar refractivity (Wildman–Crippen MR) is 93.7 cm³/mol. The summed E-state index contributed by atoms with van der Waals surface area (Å²) in [4.78, 5) is -0.393. The van der Waals surface area contributed by atoms with Crippen molar-refractivity contribution in [1.82, 2.24) is 4.31 Å². The molecule has 2 aromatic rings. The molecule has 0 saturated heterocycles. The molecule has 0 aromatic heterocycles. The highest BCUT2D eigenvalue weighted by Gasteiger charge is 2.23. The number of benzene rings is 2. The lowest BCUT2D eigenvalue weighted by atomic mass is 10.3. The van der Waals surface area contributed by atoms with E-state index in [0.29, 0.717) is 0 Å². The number of hydrogen-bond donors (Lipinski definition) is 1. The van der Waals surface area contributed by atoms with Crippen LogP contribution in [0.15, 0.2) is 52.3 Å². The van der Waals surface area contributed by atoms with Crippen molar-refractivity contribution >= 4 is 25.7 Å². The van der Waals surface area contributed by atoms with Crippen LogP contribution in [-0.2, 0) is 20.0 Å². The van der Waals surface area contributed by atoms with Crippen molar-refractivity contribution in [3.63, 3.8) is 0 Å². The van der Waals surface area contributed by atoms with Crippen molar-refractivity contribution in [3.05, 3.63) is 54.1 Å². The van der Waals surface area contributed by atoms with Crippen LogP contribution >= 0.6 is 0 Å². The molecule has 6 nitrogen and oxygen atoms in total. The Bertz CT molecular complexity index is 967. The van der Waals surface area contributed by atoms with Gasteiger partial charge in [0.2, 0.25) is 10.0 Å². The standard InChI is InChI=1S/C16H18F2N2O4S2/c1-3-20(4-2)26(23,24)13-10-8-12(9-11-13)25(21,22)19-16-14(17)6-5-7-15(16)18/h5-11,19H,3-4H2,1-2H3. The van der Waals surface area contributed by atoms with Crippen molar-refractivity contribution in [1.29, 1.82) is 0 Å². The van der Waals surface area contributed by atoms with E-state index in [0.717, 1.165) is 42.5 Å². The third-order valence-corrected chi connectivity index (χ3v) is 7.11. The van der Waals surface area contributed by atoms with E-state index in [1.807, 2.05) is 4.72 Å². The van der Waals surface area contributed by atoms with E-state index in [-0.39, 0.29) is 22.9 Å². The van der Waals surface area contributed by atoms with Crippen LogP contribution in [0.5, 0.6) is 0 Å². The van der Waals surface area contributed by atoms with Gasteiger partial charge in [-0.25, -0.2) is 25.6 Å². The molecule has 0 spiro atoms. The molecular formula is C16H18F2N2O4S2. The van der Waals surface area contributed by atoms with E-state index in [2.05, 4.69) is 0 Å². The predicted octanol–water partition coefficient (Wildman–Crippen LogP) is 2.80. The lowest BCUT2D eigenvalue weighted by molar-refractivity contribution is 0.445. The van der Waals surface area contributed by atoms with Gasteiger partial charge >= 0.3 is 0 Å². The Kier molecular flexibility index (Phi) is 5.99. The molecule has 10 heteroatoms. The van der Waals surface area contributed by atoms with Crippen molar-refractivity contribution in [2.75, 3.05) is 17.8 Å². The Labute approximate surface area is 151 Å². The Morgan fingerprint density at radius 1 is 0.846 bits per heavy atom. The number of para-hydroxylation sites is 1. The first-order chi connectivity index (χ1) is 12.1. The Hall–Kier alpha value is -2.04. The first-order valence-electron chi connectivity index (χ1n) is 7.70. The summed E-state index contributed by atoms with van der Waals surface area (Å²) in [7, 11) is -8.03. The van der Waals surface area contributed by atoms with Gasteiger partial charge in [0.05, 0.1) is 9.79 Å². The minimum absolute atomic E-state index is 0.0720. The summed E-state index contributed by atoms with van der Waals surface area (Å²) < 4.78 is 79.7. The summed E-state index contributed by atoms with van der Waals surface area (Å²) >= 11 is 0. The zero-order valence-corrected chi connectivity index (χ0v) is 15.7. The van der Waals surface area contributed by atoms with Crippen LogP contribution in [0.25, 0.3) is 0 Å². The van der Waals surface area contributed by atoms with E-state index >= 15 is 0 Å². The van der Waals surface area contributed by atoms with Crippen molar-refractivity contribution < 1.29 is 25.6 Å². The number of anilines is 1. The number of halogens is 2. The average Bonchev–Trinajstić information content (AvgIpc) is 2.59. The van der Waals surface area contributed by atoms with Gasteiger partial charge < -0.3 is 0 Å². The minimum Gasteiger partial charge on any atom is -0.274 e. The molecule has 0 amide bonds. The lowest BCUT2D eigenvalue weighted by Gasteiger charge is -2.18. The van der Waals surface area contributed by atoms with Crippen LogP contribution in [-0.4, -0.2) is 34.2 Å². The fourth-order valence-electron chi connectivity index (χ4n) is 2.29. The quantitative estimate of drug-likeness (QED) is 0.769. The van der Waals surface area contributed by atoms with Gasteiger partial charge in [-0.2, -0.15) is 4.31 Å². The maximum atomic E-state index is 13.6. The molecule has 1 N–H and O–H groups in total. The van der Waals surface area contributed by atoms with E-state index in [9.17, 15) is 25.6 Å². The number of sulfonamides is 2. The SMILES string of the molecule is CCN(CC)S(=O)(=O)c1ccc(S(=O)(=O)Nc2c(F)cccc2F)cc1. The van der Waals surface area contributed by atoms with Crippen LogP contribution in [0.3, 0.4) is 0 Å². The molecular weight excluding hydrogens is 386 g/mol. The fourth-order valence-corrected chi connectivity index (χ4v) is 4.83. The van der Waals surface area contributed by atoms with Crippen LogP contribution in [0.4, 0.5) is 14.5 Å². The highest BCUT2D eigenvalue weighted by atomic mass is 32.2. The van der Waals surface area contributed by atoms with Gasteiger partial charge in [0.15, 0.2) is 0 Å². The maximum Gasteiger partial charge on any atom is 0.262 e.